The zero-order valence-electron chi connectivity index (χ0n) is 10.5. The number of fused-ring (bicyclic) bond motifs is 1. The number of carbonyl (C=O) groups is 2. The molecule has 2 atom stereocenters. The van der Waals surface area contributed by atoms with E-state index in [0.717, 1.165) is 44.1 Å². The molecular weight excluding hydrogens is 216 g/mol. The van der Waals surface area contributed by atoms with Crippen molar-refractivity contribution < 1.29 is 14.3 Å². The lowest BCUT2D eigenvalue weighted by atomic mass is 9.68. The van der Waals surface area contributed by atoms with Crippen molar-refractivity contribution in [1.82, 2.24) is 0 Å². The first kappa shape index (κ1) is 12.3. The Kier molecular flexibility index (Phi) is 3.36. The van der Waals surface area contributed by atoms with Gasteiger partial charge in [-0.25, -0.2) is 0 Å². The van der Waals surface area contributed by atoms with Crippen LogP contribution in [0.15, 0.2) is 12.2 Å². The quantitative estimate of drug-likeness (QED) is 0.399. The highest BCUT2D eigenvalue weighted by atomic mass is 16.5. The van der Waals surface area contributed by atoms with Crippen LogP contribution < -0.4 is 0 Å². The van der Waals surface area contributed by atoms with Crippen LogP contribution >= 0.6 is 0 Å². The van der Waals surface area contributed by atoms with Crippen molar-refractivity contribution in [2.75, 3.05) is 7.11 Å². The molecule has 0 radical (unpaired) electrons. The fraction of sp³-hybridized carbons (Fsp3) is 0.714. The lowest BCUT2D eigenvalue weighted by Crippen LogP contribution is -2.45. The van der Waals surface area contributed by atoms with Crippen LogP contribution in [0, 0.1) is 11.3 Å². The van der Waals surface area contributed by atoms with Gasteiger partial charge in [0, 0.05) is 6.42 Å². The molecular formula is C14H20O3. The molecule has 0 saturated heterocycles. The Labute approximate surface area is 102 Å². The van der Waals surface area contributed by atoms with Gasteiger partial charge in [0.1, 0.15) is 5.41 Å². The van der Waals surface area contributed by atoms with Gasteiger partial charge < -0.3 is 4.74 Å². The number of ketones is 1. The predicted molar refractivity (Wildman–Crippen MR) is 64.4 cm³/mol. The van der Waals surface area contributed by atoms with Gasteiger partial charge in [0.05, 0.1) is 7.11 Å². The summed E-state index contributed by atoms with van der Waals surface area (Å²) in [5.41, 5.74) is -0.226. The summed E-state index contributed by atoms with van der Waals surface area (Å²) in [6.07, 6.45) is 6.20. The Bertz CT molecular complexity index is 358. The summed E-state index contributed by atoms with van der Waals surface area (Å²) >= 11 is 0. The van der Waals surface area contributed by atoms with E-state index in [9.17, 15) is 9.59 Å². The van der Waals surface area contributed by atoms with Crippen LogP contribution in [0.5, 0.6) is 0 Å². The summed E-state index contributed by atoms with van der Waals surface area (Å²) < 4.78 is 4.91. The van der Waals surface area contributed by atoms with E-state index in [-0.39, 0.29) is 17.7 Å². The second kappa shape index (κ2) is 4.63. The minimum atomic E-state index is -1.00. The monoisotopic (exact) mass is 236 g/mol. The average molecular weight is 236 g/mol. The Morgan fingerprint density at radius 1 is 1.29 bits per heavy atom. The smallest absolute Gasteiger partial charge is 0.323 e. The van der Waals surface area contributed by atoms with Gasteiger partial charge in [0.15, 0.2) is 5.78 Å². The number of esters is 1. The molecule has 0 bridgehead atoms. The average Bonchev–Trinajstić information content (AvgIpc) is 2.63. The molecule has 2 rings (SSSR count). The zero-order valence-corrected chi connectivity index (χ0v) is 10.5. The van der Waals surface area contributed by atoms with Crippen LogP contribution in [0.1, 0.15) is 44.9 Å². The van der Waals surface area contributed by atoms with Gasteiger partial charge in [0.25, 0.3) is 0 Å². The number of carbonyl (C=O) groups excluding carboxylic acids is 2. The topological polar surface area (TPSA) is 43.4 Å². The minimum absolute atomic E-state index is 0.0385. The van der Waals surface area contributed by atoms with Crippen molar-refractivity contribution in [2.24, 2.45) is 11.3 Å². The molecule has 0 aromatic rings. The fourth-order valence-corrected chi connectivity index (χ4v) is 3.47. The number of ether oxygens (including phenoxy) is 1. The molecule has 0 N–H and O–H groups in total. The van der Waals surface area contributed by atoms with Crippen molar-refractivity contribution in [3.63, 3.8) is 0 Å². The van der Waals surface area contributed by atoms with Crippen LogP contribution in [0.3, 0.4) is 0 Å². The molecule has 0 aromatic heterocycles. The molecule has 2 fully saturated rings. The highest BCUT2D eigenvalue weighted by molar-refractivity contribution is 6.07. The SMILES string of the molecule is C=C1CC[C@@H]2CCCCCC(=O)[C@]12C(=O)OC. The van der Waals surface area contributed by atoms with Crippen molar-refractivity contribution in [3.8, 4) is 0 Å². The van der Waals surface area contributed by atoms with Crippen LogP contribution in [0.4, 0.5) is 0 Å². The van der Waals surface area contributed by atoms with E-state index in [1.165, 1.54) is 7.11 Å². The minimum Gasteiger partial charge on any atom is -0.468 e. The maximum atomic E-state index is 12.4. The van der Waals surface area contributed by atoms with Gasteiger partial charge in [-0.15, -0.1) is 0 Å². The van der Waals surface area contributed by atoms with Crippen LogP contribution in [0.2, 0.25) is 0 Å². The van der Waals surface area contributed by atoms with Gasteiger partial charge >= 0.3 is 5.97 Å². The van der Waals surface area contributed by atoms with E-state index in [1.807, 2.05) is 0 Å². The van der Waals surface area contributed by atoms with E-state index in [2.05, 4.69) is 6.58 Å². The normalized spacial score (nSPS) is 33.8. The lowest BCUT2D eigenvalue weighted by molar-refractivity contribution is -0.158. The highest BCUT2D eigenvalue weighted by Gasteiger charge is 2.57. The van der Waals surface area contributed by atoms with E-state index >= 15 is 0 Å². The van der Waals surface area contributed by atoms with Gasteiger partial charge in [-0.3, -0.25) is 9.59 Å². The molecule has 0 aromatic carbocycles. The van der Waals surface area contributed by atoms with E-state index < -0.39 is 5.41 Å². The van der Waals surface area contributed by atoms with Crippen molar-refractivity contribution >= 4 is 11.8 Å². The van der Waals surface area contributed by atoms with Gasteiger partial charge in [-0.1, -0.05) is 25.0 Å². The van der Waals surface area contributed by atoms with E-state index in [0.29, 0.717) is 6.42 Å². The fourth-order valence-electron chi connectivity index (χ4n) is 3.47. The Morgan fingerprint density at radius 2 is 2.06 bits per heavy atom. The van der Waals surface area contributed by atoms with Crippen molar-refractivity contribution in [1.29, 1.82) is 0 Å². The molecule has 0 heterocycles. The maximum absolute atomic E-state index is 12.4. The summed E-state index contributed by atoms with van der Waals surface area (Å²) in [7, 11) is 1.37. The second-order valence-electron chi connectivity index (χ2n) is 5.16. The lowest BCUT2D eigenvalue weighted by Gasteiger charge is -2.34. The molecule has 0 spiro atoms. The van der Waals surface area contributed by atoms with Crippen molar-refractivity contribution in [3.05, 3.63) is 12.2 Å². The summed E-state index contributed by atoms with van der Waals surface area (Å²) in [6, 6.07) is 0. The molecule has 17 heavy (non-hydrogen) atoms. The number of hydrogen-bond acceptors (Lipinski definition) is 3. The molecule has 0 aliphatic heterocycles. The second-order valence-corrected chi connectivity index (χ2v) is 5.16. The van der Waals surface area contributed by atoms with Crippen molar-refractivity contribution in [2.45, 2.75) is 44.9 Å². The van der Waals surface area contributed by atoms with Gasteiger partial charge in [0.2, 0.25) is 0 Å². The van der Waals surface area contributed by atoms with Gasteiger partial charge in [-0.05, 0) is 31.6 Å². The molecule has 3 nitrogen and oxygen atoms in total. The number of hydrogen-bond donors (Lipinski definition) is 0. The first-order chi connectivity index (χ1) is 8.14. The molecule has 0 unspecified atom stereocenters. The van der Waals surface area contributed by atoms with Gasteiger partial charge in [-0.2, -0.15) is 0 Å². The number of rotatable bonds is 1. The first-order valence-corrected chi connectivity index (χ1v) is 6.44. The van der Waals surface area contributed by atoms with Crippen LogP contribution in [-0.2, 0) is 14.3 Å². The third-order valence-corrected chi connectivity index (χ3v) is 4.37. The number of methoxy groups -OCH3 is 1. The molecule has 3 heteroatoms. The third-order valence-electron chi connectivity index (χ3n) is 4.37. The zero-order chi connectivity index (χ0) is 12.5. The Hall–Kier alpha value is -1.12. The molecule has 0 amide bonds. The molecule has 2 aliphatic carbocycles. The highest BCUT2D eigenvalue weighted by Crippen LogP contribution is 2.52. The third kappa shape index (κ3) is 1.72. The molecule has 94 valence electrons. The maximum Gasteiger partial charge on any atom is 0.323 e. The molecule has 2 saturated carbocycles. The molecule has 2 aliphatic rings. The Balaban J connectivity index is 2.43. The van der Waals surface area contributed by atoms with Crippen LogP contribution in [-0.4, -0.2) is 18.9 Å². The summed E-state index contributed by atoms with van der Waals surface area (Å²) in [6.45, 7) is 3.98. The summed E-state index contributed by atoms with van der Waals surface area (Å²) in [5.74, 6) is -0.219. The standard InChI is InChI=1S/C14H20O3/c1-10-8-9-11-6-4-3-5-7-12(15)14(10,11)13(16)17-2/h11H,1,3-9H2,2H3/t11-,14-/m0/s1. The largest absolute Gasteiger partial charge is 0.468 e. The predicted octanol–water partition coefficient (Wildman–Crippen LogP) is 2.65. The van der Waals surface area contributed by atoms with Crippen LogP contribution in [0.25, 0.3) is 0 Å². The summed E-state index contributed by atoms with van der Waals surface area (Å²) in [5, 5.41) is 0. The van der Waals surface area contributed by atoms with E-state index in [4.69, 9.17) is 4.74 Å². The van der Waals surface area contributed by atoms with E-state index in [1.54, 1.807) is 0 Å². The Morgan fingerprint density at radius 3 is 2.76 bits per heavy atom. The first-order valence-electron chi connectivity index (χ1n) is 6.44. The number of Topliss-reactive ketones (excluding diaryl/α,β-unsaturated/α-hetero) is 1. The summed E-state index contributed by atoms with van der Waals surface area (Å²) in [4.78, 5) is 24.6.